The maximum Gasteiger partial charge on any atom is 0.228 e. The molecule has 1 aliphatic heterocycles. The number of halogens is 1. The van der Waals surface area contributed by atoms with Gasteiger partial charge in [0, 0.05) is 36.8 Å². The number of nitrogens with zero attached hydrogens (tertiary/aromatic N) is 2. The lowest BCUT2D eigenvalue weighted by molar-refractivity contribution is -0.136. The van der Waals surface area contributed by atoms with E-state index in [0.29, 0.717) is 24.7 Å². The molecule has 1 fully saturated rings. The zero-order valence-corrected chi connectivity index (χ0v) is 15.9. The molecule has 26 heavy (non-hydrogen) atoms. The van der Waals surface area contributed by atoms with Crippen LogP contribution in [0.1, 0.15) is 24.5 Å². The van der Waals surface area contributed by atoms with E-state index in [1.165, 1.54) is 0 Å². The second-order valence-corrected chi connectivity index (χ2v) is 7.08. The number of hydrogen-bond donors (Lipinski definition) is 0. The van der Waals surface area contributed by atoms with Crippen molar-refractivity contribution >= 4 is 29.1 Å². The molecule has 1 heterocycles. The second kappa shape index (κ2) is 7.92. The summed E-state index contributed by atoms with van der Waals surface area (Å²) in [6, 6.07) is 15.5. The van der Waals surface area contributed by atoms with Crippen molar-refractivity contribution in [2.24, 2.45) is 5.92 Å². The SMILES string of the molecule is CCN(Cc1ccccc1)C(=O)C1CC(=O)N(c2ccc(C)c(Cl)c2)C1. The quantitative estimate of drug-likeness (QED) is 0.796. The van der Waals surface area contributed by atoms with Crippen molar-refractivity contribution < 1.29 is 9.59 Å². The van der Waals surface area contributed by atoms with Crippen molar-refractivity contribution in [3.05, 3.63) is 64.7 Å². The number of carbonyl (C=O) groups excluding carboxylic acids is 2. The molecule has 3 rings (SSSR count). The summed E-state index contributed by atoms with van der Waals surface area (Å²) in [5.41, 5.74) is 2.82. The van der Waals surface area contributed by atoms with E-state index in [2.05, 4.69) is 0 Å². The van der Waals surface area contributed by atoms with Gasteiger partial charge in [-0.1, -0.05) is 48.0 Å². The van der Waals surface area contributed by atoms with Gasteiger partial charge in [-0.15, -0.1) is 0 Å². The summed E-state index contributed by atoms with van der Waals surface area (Å²) in [4.78, 5) is 28.9. The van der Waals surface area contributed by atoms with Crippen LogP contribution in [0.25, 0.3) is 0 Å². The molecule has 1 atom stereocenters. The fraction of sp³-hybridized carbons (Fsp3) is 0.333. The highest BCUT2D eigenvalue weighted by Gasteiger charge is 2.37. The Morgan fingerprint density at radius 3 is 2.62 bits per heavy atom. The van der Waals surface area contributed by atoms with E-state index >= 15 is 0 Å². The number of carbonyl (C=O) groups is 2. The van der Waals surface area contributed by atoms with Crippen LogP contribution in [-0.4, -0.2) is 29.8 Å². The van der Waals surface area contributed by atoms with Gasteiger partial charge in [-0.2, -0.15) is 0 Å². The first-order valence-electron chi connectivity index (χ1n) is 8.88. The molecule has 1 unspecified atom stereocenters. The first-order valence-corrected chi connectivity index (χ1v) is 9.26. The Morgan fingerprint density at radius 1 is 1.23 bits per heavy atom. The molecule has 5 heteroatoms. The summed E-state index contributed by atoms with van der Waals surface area (Å²) in [7, 11) is 0. The standard InChI is InChI=1S/C21H23ClN2O2/c1-3-23(13-16-7-5-4-6-8-16)21(26)17-11-20(25)24(14-17)18-10-9-15(2)19(22)12-18/h4-10,12,17H,3,11,13-14H2,1-2H3. The Morgan fingerprint density at radius 2 is 1.96 bits per heavy atom. The van der Waals surface area contributed by atoms with Crippen LogP contribution in [0.4, 0.5) is 5.69 Å². The number of benzene rings is 2. The summed E-state index contributed by atoms with van der Waals surface area (Å²) in [6.45, 7) is 5.48. The Labute approximate surface area is 159 Å². The van der Waals surface area contributed by atoms with Crippen molar-refractivity contribution in [2.45, 2.75) is 26.8 Å². The molecule has 4 nitrogen and oxygen atoms in total. The van der Waals surface area contributed by atoms with Gasteiger partial charge >= 0.3 is 0 Å². The molecule has 1 aliphatic rings. The number of amides is 2. The van der Waals surface area contributed by atoms with Crippen molar-refractivity contribution in [3.63, 3.8) is 0 Å². The summed E-state index contributed by atoms with van der Waals surface area (Å²) >= 11 is 6.19. The van der Waals surface area contributed by atoms with E-state index < -0.39 is 0 Å². The van der Waals surface area contributed by atoms with Gasteiger partial charge in [0.15, 0.2) is 0 Å². The van der Waals surface area contributed by atoms with Crippen molar-refractivity contribution in [1.82, 2.24) is 4.90 Å². The third-order valence-electron chi connectivity index (χ3n) is 4.85. The Hall–Kier alpha value is -2.33. The van der Waals surface area contributed by atoms with Crippen molar-refractivity contribution in [2.75, 3.05) is 18.0 Å². The average molecular weight is 371 g/mol. The Balaban J connectivity index is 1.72. The van der Waals surface area contributed by atoms with Crippen LogP contribution < -0.4 is 4.90 Å². The average Bonchev–Trinajstić information content (AvgIpc) is 3.04. The number of aryl methyl sites for hydroxylation is 1. The number of hydrogen-bond acceptors (Lipinski definition) is 2. The van der Waals surface area contributed by atoms with Gasteiger partial charge in [0.05, 0.1) is 5.92 Å². The third-order valence-corrected chi connectivity index (χ3v) is 5.26. The zero-order valence-electron chi connectivity index (χ0n) is 15.1. The van der Waals surface area contributed by atoms with Crippen LogP contribution in [0.5, 0.6) is 0 Å². The smallest absolute Gasteiger partial charge is 0.228 e. The molecular weight excluding hydrogens is 348 g/mol. The van der Waals surface area contributed by atoms with Crippen LogP contribution in [0.2, 0.25) is 5.02 Å². The fourth-order valence-electron chi connectivity index (χ4n) is 3.28. The largest absolute Gasteiger partial charge is 0.338 e. The molecule has 0 N–H and O–H groups in total. The molecule has 136 valence electrons. The molecule has 2 aromatic carbocycles. The molecule has 2 amide bonds. The Kier molecular flexibility index (Phi) is 5.62. The van der Waals surface area contributed by atoms with Gasteiger partial charge in [0.1, 0.15) is 0 Å². The number of anilines is 1. The second-order valence-electron chi connectivity index (χ2n) is 6.68. The monoisotopic (exact) mass is 370 g/mol. The van der Waals surface area contributed by atoms with E-state index in [1.807, 2.05) is 61.2 Å². The molecule has 0 saturated carbocycles. The highest BCUT2D eigenvalue weighted by atomic mass is 35.5. The minimum absolute atomic E-state index is 0.0287. The predicted octanol–water partition coefficient (Wildman–Crippen LogP) is 4.05. The van der Waals surface area contributed by atoms with Crippen LogP contribution in [0.3, 0.4) is 0 Å². The molecule has 0 spiro atoms. The topological polar surface area (TPSA) is 40.6 Å². The first kappa shape index (κ1) is 18.5. The highest BCUT2D eigenvalue weighted by molar-refractivity contribution is 6.31. The van der Waals surface area contributed by atoms with Gasteiger partial charge in [0.2, 0.25) is 11.8 Å². The van der Waals surface area contributed by atoms with E-state index in [-0.39, 0.29) is 24.2 Å². The predicted molar refractivity (Wildman–Crippen MR) is 104 cm³/mol. The normalized spacial score (nSPS) is 16.8. The Bertz CT molecular complexity index is 807. The van der Waals surface area contributed by atoms with Gasteiger partial charge in [-0.05, 0) is 37.1 Å². The van der Waals surface area contributed by atoms with E-state index in [4.69, 9.17) is 11.6 Å². The molecule has 0 aliphatic carbocycles. The third kappa shape index (κ3) is 3.91. The summed E-state index contributed by atoms with van der Waals surface area (Å²) in [6.07, 6.45) is 0.246. The molecule has 0 bridgehead atoms. The van der Waals surface area contributed by atoms with Gasteiger partial charge < -0.3 is 9.80 Å². The zero-order chi connectivity index (χ0) is 18.7. The lowest BCUT2D eigenvalue weighted by atomic mass is 10.1. The minimum atomic E-state index is -0.314. The lowest BCUT2D eigenvalue weighted by Gasteiger charge is -2.24. The van der Waals surface area contributed by atoms with E-state index in [9.17, 15) is 9.59 Å². The summed E-state index contributed by atoms with van der Waals surface area (Å²) in [5.74, 6) is -0.310. The minimum Gasteiger partial charge on any atom is -0.338 e. The maximum absolute atomic E-state index is 12.9. The van der Waals surface area contributed by atoms with E-state index in [0.717, 1.165) is 16.8 Å². The maximum atomic E-state index is 12.9. The van der Waals surface area contributed by atoms with E-state index in [1.54, 1.807) is 11.0 Å². The highest BCUT2D eigenvalue weighted by Crippen LogP contribution is 2.29. The van der Waals surface area contributed by atoms with Crippen LogP contribution in [0.15, 0.2) is 48.5 Å². The summed E-state index contributed by atoms with van der Waals surface area (Å²) in [5, 5.41) is 0.629. The lowest BCUT2D eigenvalue weighted by Crippen LogP contribution is -2.37. The van der Waals surface area contributed by atoms with Crippen molar-refractivity contribution in [3.8, 4) is 0 Å². The molecule has 0 aromatic heterocycles. The molecule has 1 saturated heterocycles. The fourth-order valence-corrected chi connectivity index (χ4v) is 3.45. The number of rotatable bonds is 5. The molecular formula is C21H23ClN2O2. The van der Waals surface area contributed by atoms with Crippen LogP contribution >= 0.6 is 11.6 Å². The van der Waals surface area contributed by atoms with Crippen LogP contribution in [0, 0.1) is 12.8 Å². The van der Waals surface area contributed by atoms with Gasteiger partial charge in [0.25, 0.3) is 0 Å². The first-order chi connectivity index (χ1) is 12.5. The summed E-state index contributed by atoms with van der Waals surface area (Å²) < 4.78 is 0. The van der Waals surface area contributed by atoms with Crippen LogP contribution in [-0.2, 0) is 16.1 Å². The van der Waals surface area contributed by atoms with Crippen molar-refractivity contribution in [1.29, 1.82) is 0 Å². The van der Waals surface area contributed by atoms with Gasteiger partial charge in [-0.3, -0.25) is 9.59 Å². The van der Waals surface area contributed by atoms with Gasteiger partial charge in [-0.25, -0.2) is 0 Å². The molecule has 2 aromatic rings. The molecule has 0 radical (unpaired) electrons.